The number of aryl methyl sites for hydroxylation is 1. The van der Waals surface area contributed by atoms with Gasteiger partial charge in [-0.1, -0.05) is 6.92 Å². The molecule has 1 aliphatic carbocycles. The number of hydrogen-bond donors (Lipinski definition) is 1. The van der Waals surface area contributed by atoms with Crippen molar-refractivity contribution in [3.8, 4) is 0 Å². The van der Waals surface area contributed by atoms with Gasteiger partial charge in [0, 0.05) is 19.7 Å². The van der Waals surface area contributed by atoms with Crippen LogP contribution in [0.15, 0.2) is 6.33 Å². The van der Waals surface area contributed by atoms with Gasteiger partial charge < -0.3 is 10.1 Å². The summed E-state index contributed by atoms with van der Waals surface area (Å²) < 4.78 is 7.21. The van der Waals surface area contributed by atoms with Gasteiger partial charge in [0.15, 0.2) is 0 Å². The van der Waals surface area contributed by atoms with E-state index in [0.717, 1.165) is 38.2 Å². The summed E-state index contributed by atoms with van der Waals surface area (Å²) in [6.07, 6.45) is 5.39. The molecule has 90 valence electrons. The third-order valence-corrected chi connectivity index (χ3v) is 3.11. The molecule has 1 N–H and O–H groups in total. The van der Waals surface area contributed by atoms with Crippen LogP contribution in [0.3, 0.4) is 0 Å². The van der Waals surface area contributed by atoms with Crippen LogP contribution in [-0.2, 0) is 17.8 Å². The zero-order chi connectivity index (χ0) is 11.4. The molecule has 1 aromatic rings. The summed E-state index contributed by atoms with van der Waals surface area (Å²) in [6.45, 7) is 3.90. The average Bonchev–Trinajstić information content (AvgIpc) is 2.64. The zero-order valence-corrected chi connectivity index (χ0v) is 10.0. The van der Waals surface area contributed by atoms with Crippen LogP contribution in [0, 0.1) is 0 Å². The highest BCUT2D eigenvalue weighted by Gasteiger charge is 2.28. The van der Waals surface area contributed by atoms with Crippen LogP contribution in [-0.4, -0.2) is 34.0 Å². The molecule has 0 atom stereocenters. The van der Waals surface area contributed by atoms with Crippen molar-refractivity contribution in [3.63, 3.8) is 0 Å². The Hall–Kier alpha value is -0.940. The van der Waals surface area contributed by atoms with E-state index < -0.39 is 0 Å². The smallest absolute Gasteiger partial charge is 0.140 e. The largest absolute Gasteiger partial charge is 0.381 e. The van der Waals surface area contributed by atoms with Gasteiger partial charge in [-0.2, -0.15) is 5.10 Å². The fourth-order valence-electron chi connectivity index (χ4n) is 1.98. The van der Waals surface area contributed by atoms with E-state index in [9.17, 15) is 0 Å². The standard InChI is InChI=1S/C11H20N4O/c1-3-4-15-11(13-8-14-15)7-12-9-5-10(6-9)16-2/h8-10,12H,3-7H2,1-2H3. The number of ether oxygens (including phenoxy) is 1. The summed E-state index contributed by atoms with van der Waals surface area (Å²) in [5.74, 6) is 1.03. The molecule has 0 aliphatic heterocycles. The molecule has 0 aromatic carbocycles. The highest BCUT2D eigenvalue weighted by molar-refractivity contribution is 4.90. The Labute approximate surface area is 96.2 Å². The summed E-state index contributed by atoms with van der Waals surface area (Å²) in [5.41, 5.74) is 0. The zero-order valence-electron chi connectivity index (χ0n) is 10.0. The minimum Gasteiger partial charge on any atom is -0.381 e. The Morgan fingerprint density at radius 1 is 1.56 bits per heavy atom. The second-order valence-electron chi connectivity index (χ2n) is 4.31. The molecule has 0 saturated heterocycles. The summed E-state index contributed by atoms with van der Waals surface area (Å²) >= 11 is 0. The molecule has 2 rings (SSSR count). The van der Waals surface area contributed by atoms with E-state index in [0.29, 0.717) is 12.1 Å². The summed E-state index contributed by atoms with van der Waals surface area (Å²) in [4.78, 5) is 4.26. The van der Waals surface area contributed by atoms with E-state index in [1.54, 1.807) is 13.4 Å². The van der Waals surface area contributed by atoms with Crippen molar-refractivity contribution < 1.29 is 4.74 Å². The Morgan fingerprint density at radius 3 is 3.06 bits per heavy atom. The SMILES string of the molecule is CCCn1ncnc1CNC1CC(OC)C1. The van der Waals surface area contributed by atoms with Gasteiger partial charge in [-0.15, -0.1) is 0 Å². The van der Waals surface area contributed by atoms with Crippen molar-refractivity contribution in [2.45, 2.75) is 51.4 Å². The van der Waals surface area contributed by atoms with Crippen molar-refractivity contribution in [2.75, 3.05) is 7.11 Å². The van der Waals surface area contributed by atoms with Crippen LogP contribution in [0.4, 0.5) is 0 Å². The lowest BCUT2D eigenvalue weighted by molar-refractivity contribution is 0.0167. The Balaban J connectivity index is 1.75. The second kappa shape index (κ2) is 5.41. The lowest BCUT2D eigenvalue weighted by atomic mass is 9.89. The molecule has 0 radical (unpaired) electrons. The first kappa shape index (κ1) is 11.5. The van der Waals surface area contributed by atoms with Crippen LogP contribution < -0.4 is 5.32 Å². The van der Waals surface area contributed by atoms with Gasteiger partial charge in [0.1, 0.15) is 12.2 Å². The molecule has 1 aromatic heterocycles. The topological polar surface area (TPSA) is 52.0 Å². The molecule has 0 unspecified atom stereocenters. The quantitative estimate of drug-likeness (QED) is 0.782. The third-order valence-electron chi connectivity index (χ3n) is 3.11. The normalized spacial score (nSPS) is 24.4. The van der Waals surface area contributed by atoms with Crippen molar-refractivity contribution in [1.82, 2.24) is 20.1 Å². The lowest BCUT2D eigenvalue weighted by Gasteiger charge is -2.34. The number of nitrogens with one attached hydrogen (secondary N) is 1. The monoisotopic (exact) mass is 224 g/mol. The van der Waals surface area contributed by atoms with Crippen LogP contribution >= 0.6 is 0 Å². The molecule has 5 nitrogen and oxygen atoms in total. The third kappa shape index (κ3) is 2.59. The van der Waals surface area contributed by atoms with Crippen LogP contribution in [0.1, 0.15) is 32.0 Å². The average molecular weight is 224 g/mol. The Morgan fingerprint density at radius 2 is 2.38 bits per heavy atom. The van der Waals surface area contributed by atoms with Gasteiger partial charge in [0.25, 0.3) is 0 Å². The van der Waals surface area contributed by atoms with Crippen LogP contribution in [0.2, 0.25) is 0 Å². The minimum atomic E-state index is 0.450. The molecule has 1 saturated carbocycles. The first-order valence-electron chi connectivity index (χ1n) is 5.96. The number of nitrogens with zero attached hydrogens (tertiary/aromatic N) is 3. The van der Waals surface area contributed by atoms with Gasteiger partial charge in [0.2, 0.25) is 0 Å². The summed E-state index contributed by atoms with van der Waals surface area (Å²) in [6, 6.07) is 0.580. The van der Waals surface area contributed by atoms with Gasteiger partial charge in [0.05, 0.1) is 12.6 Å². The number of rotatable bonds is 6. The summed E-state index contributed by atoms with van der Waals surface area (Å²) in [5, 5.41) is 7.68. The van der Waals surface area contributed by atoms with Crippen molar-refractivity contribution >= 4 is 0 Å². The predicted molar refractivity (Wildman–Crippen MR) is 61.0 cm³/mol. The van der Waals surface area contributed by atoms with Crippen LogP contribution in [0.25, 0.3) is 0 Å². The fourth-order valence-corrected chi connectivity index (χ4v) is 1.98. The maximum atomic E-state index is 5.24. The molecule has 1 heterocycles. The molecule has 0 amide bonds. The van der Waals surface area contributed by atoms with Crippen molar-refractivity contribution in [2.24, 2.45) is 0 Å². The number of hydrogen-bond acceptors (Lipinski definition) is 4. The number of methoxy groups -OCH3 is 1. The molecular weight excluding hydrogens is 204 g/mol. The van der Waals surface area contributed by atoms with Crippen molar-refractivity contribution in [3.05, 3.63) is 12.2 Å². The Kier molecular flexibility index (Phi) is 3.90. The molecule has 0 spiro atoms. The molecular formula is C11H20N4O. The second-order valence-corrected chi connectivity index (χ2v) is 4.31. The molecule has 1 aliphatic rings. The van der Waals surface area contributed by atoms with E-state index in [1.807, 2.05) is 4.68 Å². The number of aromatic nitrogens is 3. The molecule has 1 fully saturated rings. The Bertz CT molecular complexity index is 320. The maximum absolute atomic E-state index is 5.24. The molecule has 5 heteroatoms. The van der Waals surface area contributed by atoms with Crippen molar-refractivity contribution in [1.29, 1.82) is 0 Å². The first-order chi connectivity index (χ1) is 7.83. The van der Waals surface area contributed by atoms with Gasteiger partial charge in [-0.05, 0) is 19.3 Å². The lowest BCUT2D eigenvalue weighted by Crippen LogP contribution is -2.44. The minimum absolute atomic E-state index is 0.450. The predicted octanol–water partition coefficient (Wildman–Crippen LogP) is 0.955. The molecule has 16 heavy (non-hydrogen) atoms. The highest BCUT2D eigenvalue weighted by Crippen LogP contribution is 2.22. The molecule has 0 bridgehead atoms. The maximum Gasteiger partial charge on any atom is 0.140 e. The van der Waals surface area contributed by atoms with Gasteiger partial charge in [-0.3, -0.25) is 0 Å². The van der Waals surface area contributed by atoms with Gasteiger partial charge >= 0.3 is 0 Å². The fraction of sp³-hybridized carbons (Fsp3) is 0.818. The van der Waals surface area contributed by atoms with E-state index >= 15 is 0 Å². The van der Waals surface area contributed by atoms with Gasteiger partial charge in [-0.25, -0.2) is 9.67 Å². The highest BCUT2D eigenvalue weighted by atomic mass is 16.5. The first-order valence-corrected chi connectivity index (χ1v) is 5.96. The van der Waals surface area contributed by atoms with E-state index in [2.05, 4.69) is 22.3 Å². The van der Waals surface area contributed by atoms with E-state index in [-0.39, 0.29) is 0 Å². The van der Waals surface area contributed by atoms with E-state index in [4.69, 9.17) is 4.74 Å². The van der Waals surface area contributed by atoms with E-state index in [1.165, 1.54) is 0 Å². The summed E-state index contributed by atoms with van der Waals surface area (Å²) in [7, 11) is 1.78. The van der Waals surface area contributed by atoms with Crippen LogP contribution in [0.5, 0.6) is 0 Å².